The molecule has 0 aliphatic rings. The molecule has 0 saturated carbocycles. The minimum Gasteiger partial charge on any atom is -0.496 e. The van der Waals surface area contributed by atoms with Crippen LogP contribution in [0.15, 0.2) is 30.9 Å². The van der Waals surface area contributed by atoms with Gasteiger partial charge in [0.05, 0.1) is 13.2 Å². The molecule has 1 unspecified atom stereocenters. The number of aryl methyl sites for hydroxylation is 1. The predicted octanol–water partition coefficient (Wildman–Crippen LogP) is 2.35. The molecule has 3 heteroatoms. The Morgan fingerprint density at radius 3 is 2.82 bits per heavy atom. The van der Waals surface area contributed by atoms with E-state index < -0.39 is 0 Å². The van der Waals surface area contributed by atoms with Crippen LogP contribution in [0.1, 0.15) is 22.8 Å². The standard InChI is InChI=1S/C14H19NO2/c1-5-8-15-11(3)14(16)12-6-7-13(17-4)10(2)9-12/h5-7,9,11,15H,1,8H2,2-4H3. The largest absolute Gasteiger partial charge is 0.496 e. The molecule has 0 spiro atoms. The van der Waals surface area contributed by atoms with Crippen LogP contribution in [-0.2, 0) is 0 Å². The molecule has 1 aromatic rings. The van der Waals surface area contributed by atoms with E-state index >= 15 is 0 Å². The number of carbonyl (C=O) groups excluding carboxylic acids is 1. The minimum atomic E-state index is -0.208. The van der Waals surface area contributed by atoms with Gasteiger partial charge in [0, 0.05) is 12.1 Å². The van der Waals surface area contributed by atoms with E-state index in [-0.39, 0.29) is 11.8 Å². The van der Waals surface area contributed by atoms with Crippen molar-refractivity contribution in [3.05, 3.63) is 42.0 Å². The summed E-state index contributed by atoms with van der Waals surface area (Å²) in [6.45, 7) is 8.02. The van der Waals surface area contributed by atoms with Gasteiger partial charge >= 0.3 is 0 Å². The molecule has 0 aliphatic carbocycles. The Kier molecular flexibility index (Phi) is 4.91. The van der Waals surface area contributed by atoms with Gasteiger partial charge in [-0.2, -0.15) is 0 Å². The van der Waals surface area contributed by atoms with Crippen molar-refractivity contribution in [1.82, 2.24) is 5.32 Å². The first-order chi connectivity index (χ1) is 8.10. The molecule has 0 radical (unpaired) electrons. The van der Waals surface area contributed by atoms with Crippen molar-refractivity contribution >= 4 is 5.78 Å². The fourth-order valence-corrected chi connectivity index (χ4v) is 1.63. The number of rotatable bonds is 6. The van der Waals surface area contributed by atoms with E-state index in [0.717, 1.165) is 11.3 Å². The summed E-state index contributed by atoms with van der Waals surface area (Å²) in [5, 5.41) is 3.08. The zero-order valence-electron chi connectivity index (χ0n) is 10.6. The van der Waals surface area contributed by atoms with E-state index in [1.807, 2.05) is 26.0 Å². The number of ether oxygens (including phenoxy) is 1. The highest BCUT2D eigenvalue weighted by Crippen LogP contribution is 2.19. The number of Topliss-reactive ketones (excluding diaryl/α,β-unsaturated/α-hetero) is 1. The van der Waals surface area contributed by atoms with Gasteiger partial charge in [-0.3, -0.25) is 4.79 Å². The summed E-state index contributed by atoms with van der Waals surface area (Å²) in [5.74, 6) is 0.880. The second kappa shape index (κ2) is 6.21. The van der Waals surface area contributed by atoms with Gasteiger partial charge in [0.2, 0.25) is 0 Å². The van der Waals surface area contributed by atoms with Crippen LogP contribution >= 0.6 is 0 Å². The Balaban J connectivity index is 2.82. The summed E-state index contributed by atoms with van der Waals surface area (Å²) < 4.78 is 5.16. The number of methoxy groups -OCH3 is 1. The summed E-state index contributed by atoms with van der Waals surface area (Å²) in [4.78, 5) is 12.1. The van der Waals surface area contributed by atoms with Crippen molar-refractivity contribution in [1.29, 1.82) is 0 Å². The van der Waals surface area contributed by atoms with Crippen LogP contribution in [0.3, 0.4) is 0 Å². The first-order valence-electron chi connectivity index (χ1n) is 5.63. The van der Waals surface area contributed by atoms with E-state index in [4.69, 9.17) is 4.74 Å². The average Bonchev–Trinajstić information content (AvgIpc) is 2.34. The van der Waals surface area contributed by atoms with Crippen molar-refractivity contribution in [3.63, 3.8) is 0 Å². The molecular formula is C14H19NO2. The van der Waals surface area contributed by atoms with Crippen molar-refractivity contribution < 1.29 is 9.53 Å². The van der Waals surface area contributed by atoms with Crippen LogP contribution in [-0.4, -0.2) is 25.5 Å². The van der Waals surface area contributed by atoms with Gasteiger partial charge in [0.15, 0.2) is 5.78 Å². The van der Waals surface area contributed by atoms with E-state index in [1.54, 1.807) is 19.3 Å². The highest BCUT2D eigenvalue weighted by molar-refractivity contribution is 6.00. The number of nitrogens with one attached hydrogen (secondary N) is 1. The van der Waals surface area contributed by atoms with Crippen LogP contribution in [0.25, 0.3) is 0 Å². The van der Waals surface area contributed by atoms with Crippen LogP contribution in [0, 0.1) is 6.92 Å². The summed E-state index contributed by atoms with van der Waals surface area (Å²) in [5.41, 5.74) is 1.67. The number of benzene rings is 1. The molecule has 3 nitrogen and oxygen atoms in total. The molecule has 1 atom stereocenters. The lowest BCUT2D eigenvalue weighted by Gasteiger charge is -2.12. The van der Waals surface area contributed by atoms with Gasteiger partial charge in [-0.15, -0.1) is 6.58 Å². The maximum Gasteiger partial charge on any atom is 0.179 e. The van der Waals surface area contributed by atoms with Crippen LogP contribution in [0.4, 0.5) is 0 Å². The van der Waals surface area contributed by atoms with Crippen molar-refractivity contribution in [2.45, 2.75) is 19.9 Å². The maximum absolute atomic E-state index is 12.1. The predicted molar refractivity (Wildman–Crippen MR) is 69.7 cm³/mol. The Morgan fingerprint density at radius 1 is 1.59 bits per heavy atom. The molecule has 17 heavy (non-hydrogen) atoms. The Labute approximate surface area is 102 Å². The fraction of sp³-hybridized carbons (Fsp3) is 0.357. The molecule has 0 heterocycles. The highest BCUT2D eigenvalue weighted by atomic mass is 16.5. The van der Waals surface area contributed by atoms with Crippen LogP contribution in [0.2, 0.25) is 0 Å². The molecule has 0 saturated heterocycles. The SMILES string of the molecule is C=CCNC(C)C(=O)c1ccc(OC)c(C)c1. The second-order valence-electron chi connectivity index (χ2n) is 3.97. The topological polar surface area (TPSA) is 38.3 Å². The van der Waals surface area contributed by atoms with Crippen molar-refractivity contribution in [2.75, 3.05) is 13.7 Å². The van der Waals surface area contributed by atoms with Gasteiger partial charge in [-0.05, 0) is 37.6 Å². The minimum absolute atomic E-state index is 0.0811. The lowest BCUT2D eigenvalue weighted by molar-refractivity contribution is 0.0953. The normalized spacial score (nSPS) is 11.9. The fourth-order valence-electron chi connectivity index (χ4n) is 1.63. The number of hydrogen-bond donors (Lipinski definition) is 1. The third kappa shape index (κ3) is 3.43. The van der Waals surface area contributed by atoms with Gasteiger partial charge in [-0.1, -0.05) is 6.08 Å². The maximum atomic E-state index is 12.1. The number of ketones is 1. The first-order valence-corrected chi connectivity index (χ1v) is 5.63. The van der Waals surface area contributed by atoms with E-state index in [0.29, 0.717) is 12.1 Å². The van der Waals surface area contributed by atoms with E-state index in [2.05, 4.69) is 11.9 Å². The summed E-state index contributed by atoms with van der Waals surface area (Å²) in [6.07, 6.45) is 1.74. The molecule has 1 aromatic carbocycles. The summed E-state index contributed by atoms with van der Waals surface area (Å²) in [7, 11) is 1.62. The summed E-state index contributed by atoms with van der Waals surface area (Å²) in [6, 6.07) is 5.26. The molecule has 92 valence electrons. The van der Waals surface area contributed by atoms with Crippen molar-refractivity contribution in [2.24, 2.45) is 0 Å². The lowest BCUT2D eigenvalue weighted by atomic mass is 10.0. The number of hydrogen-bond acceptors (Lipinski definition) is 3. The van der Waals surface area contributed by atoms with Gasteiger partial charge in [0.1, 0.15) is 5.75 Å². The second-order valence-corrected chi connectivity index (χ2v) is 3.97. The first kappa shape index (κ1) is 13.5. The average molecular weight is 233 g/mol. The van der Waals surface area contributed by atoms with E-state index in [1.165, 1.54) is 0 Å². The molecule has 0 amide bonds. The zero-order chi connectivity index (χ0) is 12.8. The summed E-state index contributed by atoms with van der Waals surface area (Å²) >= 11 is 0. The van der Waals surface area contributed by atoms with Crippen LogP contribution in [0.5, 0.6) is 5.75 Å². The molecule has 0 aliphatic heterocycles. The molecule has 1 N–H and O–H groups in total. The van der Waals surface area contributed by atoms with Gasteiger partial charge in [-0.25, -0.2) is 0 Å². The third-order valence-corrected chi connectivity index (χ3v) is 2.64. The molecular weight excluding hydrogens is 214 g/mol. The molecule has 1 rings (SSSR count). The monoisotopic (exact) mass is 233 g/mol. The molecule has 0 fully saturated rings. The Morgan fingerprint density at radius 2 is 2.29 bits per heavy atom. The molecule has 0 aromatic heterocycles. The Bertz CT molecular complexity index is 413. The quantitative estimate of drug-likeness (QED) is 0.605. The lowest BCUT2D eigenvalue weighted by Crippen LogP contribution is -2.34. The van der Waals surface area contributed by atoms with Crippen LogP contribution < -0.4 is 10.1 Å². The third-order valence-electron chi connectivity index (χ3n) is 2.64. The number of carbonyl (C=O) groups is 1. The zero-order valence-corrected chi connectivity index (χ0v) is 10.6. The van der Waals surface area contributed by atoms with Crippen molar-refractivity contribution in [3.8, 4) is 5.75 Å². The Hall–Kier alpha value is -1.61. The molecule has 0 bridgehead atoms. The van der Waals surface area contributed by atoms with Gasteiger partial charge < -0.3 is 10.1 Å². The highest BCUT2D eigenvalue weighted by Gasteiger charge is 2.14. The van der Waals surface area contributed by atoms with Gasteiger partial charge in [0.25, 0.3) is 0 Å². The smallest absolute Gasteiger partial charge is 0.179 e. The van der Waals surface area contributed by atoms with E-state index in [9.17, 15) is 4.79 Å².